The van der Waals surface area contributed by atoms with E-state index in [9.17, 15) is 9.90 Å². The van der Waals surface area contributed by atoms with Crippen LogP contribution in [0.3, 0.4) is 0 Å². The van der Waals surface area contributed by atoms with Crippen LogP contribution in [0.2, 0.25) is 10.0 Å². The zero-order valence-electron chi connectivity index (χ0n) is 16.3. The van der Waals surface area contributed by atoms with Gasteiger partial charge in [0.05, 0.1) is 16.1 Å². The van der Waals surface area contributed by atoms with E-state index >= 15 is 0 Å². The molecule has 1 heterocycles. The molecule has 4 nitrogen and oxygen atoms in total. The molecule has 28 heavy (non-hydrogen) atoms. The molecule has 0 radical (unpaired) electrons. The van der Waals surface area contributed by atoms with Crippen LogP contribution < -0.4 is 4.90 Å². The fourth-order valence-electron chi connectivity index (χ4n) is 3.93. The van der Waals surface area contributed by atoms with E-state index in [-0.39, 0.29) is 17.7 Å². The van der Waals surface area contributed by atoms with Crippen molar-refractivity contribution in [2.75, 3.05) is 24.5 Å². The van der Waals surface area contributed by atoms with Gasteiger partial charge < -0.3 is 14.9 Å². The lowest BCUT2D eigenvalue weighted by Gasteiger charge is -2.35. The lowest BCUT2D eigenvalue weighted by Crippen LogP contribution is -2.47. The Morgan fingerprint density at radius 2 is 1.79 bits per heavy atom. The Morgan fingerprint density at radius 3 is 2.39 bits per heavy atom. The molecular formula is C22H26Cl2N2O2. The lowest BCUT2D eigenvalue weighted by molar-refractivity contribution is -0.117. The van der Waals surface area contributed by atoms with Crippen LogP contribution in [0.4, 0.5) is 5.69 Å². The Bertz CT molecular complexity index is 833. The van der Waals surface area contributed by atoms with Crippen molar-refractivity contribution in [1.29, 1.82) is 0 Å². The normalized spacial score (nSPS) is 15.6. The molecule has 0 saturated carbocycles. The Labute approximate surface area is 176 Å². The Kier molecular flexibility index (Phi) is 6.86. The summed E-state index contributed by atoms with van der Waals surface area (Å²) in [6.07, 6.45) is 3.08. The molecule has 2 aromatic carbocycles. The minimum Gasteiger partial charge on any atom is -0.508 e. The van der Waals surface area contributed by atoms with Crippen molar-refractivity contribution in [2.24, 2.45) is 0 Å². The van der Waals surface area contributed by atoms with E-state index in [1.165, 1.54) is 12.8 Å². The molecule has 1 aliphatic rings. The minimum absolute atomic E-state index is 0.0236. The summed E-state index contributed by atoms with van der Waals surface area (Å²) in [7, 11) is 0. The Hall–Kier alpha value is -1.75. The summed E-state index contributed by atoms with van der Waals surface area (Å²) in [5, 5.41) is 10.6. The van der Waals surface area contributed by atoms with Crippen LogP contribution in [-0.2, 0) is 11.2 Å². The van der Waals surface area contributed by atoms with Gasteiger partial charge in [-0.1, -0.05) is 35.3 Å². The molecule has 1 saturated heterocycles. The zero-order chi connectivity index (χ0) is 20.3. The predicted octanol–water partition coefficient (Wildman–Crippen LogP) is 5.07. The molecule has 1 unspecified atom stereocenters. The first-order chi connectivity index (χ1) is 13.4. The maximum Gasteiger partial charge on any atom is 0.224 e. The predicted molar refractivity (Wildman–Crippen MR) is 116 cm³/mol. The van der Waals surface area contributed by atoms with E-state index in [0.29, 0.717) is 16.5 Å². The Balaban J connectivity index is 1.97. The number of carbonyl (C=O) groups excluding carboxylic acids is 1. The summed E-state index contributed by atoms with van der Waals surface area (Å²) in [6, 6.07) is 10.8. The van der Waals surface area contributed by atoms with Gasteiger partial charge in [0.15, 0.2) is 0 Å². The fraction of sp³-hybridized carbons (Fsp3) is 0.409. The van der Waals surface area contributed by atoms with Gasteiger partial charge in [-0.25, -0.2) is 0 Å². The molecule has 0 aromatic heterocycles. The van der Waals surface area contributed by atoms with Crippen molar-refractivity contribution in [2.45, 2.75) is 39.2 Å². The number of nitrogens with zero attached hydrogens (tertiary/aromatic N) is 2. The van der Waals surface area contributed by atoms with Crippen molar-refractivity contribution in [1.82, 2.24) is 4.90 Å². The number of halogens is 2. The van der Waals surface area contributed by atoms with Crippen molar-refractivity contribution in [3.05, 3.63) is 57.6 Å². The topological polar surface area (TPSA) is 43.8 Å². The molecule has 2 aromatic rings. The highest BCUT2D eigenvalue weighted by Crippen LogP contribution is 2.34. The third kappa shape index (κ3) is 4.80. The van der Waals surface area contributed by atoms with Crippen molar-refractivity contribution in [3.8, 4) is 5.75 Å². The molecule has 1 amide bonds. The van der Waals surface area contributed by atoms with Gasteiger partial charge in [-0.15, -0.1) is 0 Å². The largest absolute Gasteiger partial charge is 0.508 e. The summed E-state index contributed by atoms with van der Waals surface area (Å²) >= 11 is 12.5. The first-order valence-electron chi connectivity index (χ1n) is 9.61. The Morgan fingerprint density at radius 1 is 1.14 bits per heavy atom. The molecule has 1 fully saturated rings. The van der Waals surface area contributed by atoms with Gasteiger partial charge in [0.2, 0.25) is 5.91 Å². The van der Waals surface area contributed by atoms with Crippen LogP contribution in [-0.4, -0.2) is 41.6 Å². The summed E-state index contributed by atoms with van der Waals surface area (Å²) in [4.78, 5) is 17.0. The number of carbonyl (C=O) groups is 1. The van der Waals surface area contributed by atoms with Crippen LogP contribution in [0, 0.1) is 6.92 Å². The minimum atomic E-state index is -0.0453. The number of phenolic OH excluding ortho intramolecular Hbond substituents is 1. The van der Waals surface area contributed by atoms with Gasteiger partial charge in [-0.3, -0.25) is 4.79 Å². The molecule has 150 valence electrons. The zero-order valence-corrected chi connectivity index (χ0v) is 17.8. The second kappa shape index (κ2) is 9.17. The fourth-order valence-corrected chi connectivity index (χ4v) is 4.30. The van der Waals surface area contributed by atoms with Crippen molar-refractivity contribution in [3.63, 3.8) is 0 Å². The number of anilines is 1. The number of phenols is 1. The smallest absolute Gasteiger partial charge is 0.224 e. The van der Waals surface area contributed by atoms with E-state index in [1.807, 2.05) is 30.0 Å². The number of hydrogen-bond acceptors (Lipinski definition) is 3. The number of amides is 1. The van der Waals surface area contributed by atoms with Gasteiger partial charge in [-0.2, -0.15) is 0 Å². The summed E-state index contributed by atoms with van der Waals surface area (Å²) < 4.78 is 0. The third-order valence-corrected chi connectivity index (χ3v) is 6.25. The van der Waals surface area contributed by atoms with Crippen LogP contribution in [0.15, 0.2) is 36.4 Å². The first kappa shape index (κ1) is 21.0. The molecule has 3 rings (SSSR count). The van der Waals surface area contributed by atoms with Gasteiger partial charge in [0.25, 0.3) is 0 Å². The van der Waals surface area contributed by atoms with Gasteiger partial charge in [-0.05, 0) is 74.7 Å². The third-order valence-electron chi connectivity index (χ3n) is 5.35. The first-order valence-corrected chi connectivity index (χ1v) is 10.4. The quantitative estimate of drug-likeness (QED) is 0.709. The lowest BCUT2D eigenvalue weighted by atomic mass is 10.0. The average Bonchev–Trinajstić information content (AvgIpc) is 3.16. The molecule has 0 bridgehead atoms. The number of rotatable bonds is 6. The monoisotopic (exact) mass is 420 g/mol. The molecule has 1 atom stereocenters. The van der Waals surface area contributed by atoms with Crippen LogP contribution in [0.1, 0.15) is 30.9 Å². The van der Waals surface area contributed by atoms with Crippen molar-refractivity contribution >= 4 is 34.8 Å². The van der Waals surface area contributed by atoms with Crippen LogP contribution in [0.5, 0.6) is 5.75 Å². The maximum absolute atomic E-state index is 12.7. The molecular weight excluding hydrogens is 395 g/mol. The number of hydrogen-bond donors (Lipinski definition) is 1. The molecule has 1 N–H and O–H groups in total. The van der Waals surface area contributed by atoms with Crippen LogP contribution >= 0.6 is 23.2 Å². The van der Waals surface area contributed by atoms with E-state index in [2.05, 4.69) is 4.90 Å². The highest BCUT2D eigenvalue weighted by Gasteiger charge is 2.28. The highest BCUT2D eigenvalue weighted by molar-refractivity contribution is 6.42. The van der Waals surface area contributed by atoms with E-state index < -0.39 is 0 Å². The maximum atomic E-state index is 12.7. The van der Waals surface area contributed by atoms with Gasteiger partial charge in [0.1, 0.15) is 5.75 Å². The summed E-state index contributed by atoms with van der Waals surface area (Å²) in [6.45, 7) is 6.39. The van der Waals surface area contributed by atoms with E-state index in [0.717, 1.165) is 36.4 Å². The number of benzene rings is 2. The molecule has 1 aliphatic heterocycles. The van der Waals surface area contributed by atoms with Gasteiger partial charge >= 0.3 is 0 Å². The molecule has 0 spiro atoms. The second-order valence-corrected chi connectivity index (χ2v) is 8.21. The molecule has 0 aliphatic carbocycles. The van der Waals surface area contributed by atoms with Crippen LogP contribution in [0.25, 0.3) is 0 Å². The summed E-state index contributed by atoms with van der Waals surface area (Å²) in [5.41, 5.74) is 2.68. The average molecular weight is 421 g/mol. The molecule has 6 heteroatoms. The van der Waals surface area contributed by atoms with Crippen molar-refractivity contribution < 1.29 is 9.90 Å². The highest BCUT2D eigenvalue weighted by atomic mass is 35.5. The van der Waals surface area contributed by atoms with E-state index in [4.69, 9.17) is 23.2 Å². The second-order valence-electron chi connectivity index (χ2n) is 7.43. The number of aromatic hydroxyl groups is 1. The summed E-state index contributed by atoms with van der Waals surface area (Å²) in [5.74, 6) is 0.216. The number of likely N-dealkylation sites (tertiary alicyclic amines) is 1. The van der Waals surface area contributed by atoms with Gasteiger partial charge in [0, 0.05) is 19.2 Å². The van der Waals surface area contributed by atoms with E-state index in [1.54, 1.807) is 25.1 Å². The standard InChI is InChI=1S/C22H26Cl2N2O2/c1-15-21(10-9-20(23)22(15)24)26(16(2)27)18(14-25-11-3-4-12-25)13-17-5-7-19(28)8-6-17/h5-10,18,28H,3-4,11-14H2,1-2H3. The SMILES string of the molecule is CC(=O)N(c1ccc(Cl)c(Cl)c1C)C(Cc1ccc(O)cc1)CN1CCCC1.